The fraction of sp³-hybridized carbons (Fsp3) is 0.714. The quantitative estimate of drug-likeness (QED) is 0.350. The van der Waals surface area contributed by atoms with Gasteiger partial charge in [0.2, 0.25) is 0 Å². The van der Waals surface area contributed by atoms with Crippen molar-refractivity contribution in [1.29, 1.82) is 0 Å². The highest BCUT2D eigenvalue weighted by Gasteiger charge is 2.09. The van der Waals surface area contributed by atoms with Gasteiger partial charge >= 0.3 is 0 Å². The molecule has 0 unspecified atom stereocenters. The average molecular weight is 322 g/mol. The minimum absolute atomic E-state index is 0.0607. The Labute approximate surface area is 143 Å². The third kappa shape index (κ3) is 9.76. The summed E-state index contributed by atoms with van der Waals surface area (Å²) < 4.78 is 13.9. The van der Waals surface area contributed by atoms with Gasteiger partial charge in [0.15, 0.2) is 0 Å². The number of rotatable bonds is 14. The van der Waals surface area contributed by atoms with Gasteiger partial charge in [0, 0.05) is 12.1 Å². The molecule has 0 fully saturated rings. The Kier molecular flexibility index (Phi) is 11.9. The average Bonchev–Trinajstić information content (AvgIpc) is 2.56. The summed E-state index contributed by atoms with van der Waals surface area (Å²) in [5.74, 6) is -0.0607. The van der Waals surface area contributed by atoms with Crippen LogP contribution in [0.15, 0.2) is 24.3 Å². The van der Waals surface area contributed by atoms with Gasteiger partial charge in [-0.2, -0.15) is 0 Å². The highest BCUT2D eigenvalue weighted by atomic mass is 19.1. The number of unbranched alkanes of at least 4 members (excludes halogenated alkanes) is 8. The van der Waals surface area contributed by atoms with Gasteiger partial charge in [-0.15, -0.1) is 0 Å². The van der Waals surface area contributed by atoms with Crippen molar-refractivity contribution in [3.05, 3.63) is 35.6 Å². The fourth-order valence-electron chi connectivity index (χ4n) is 3.02. The molecule has 132 valence electrons. The van der Waals surface area contributed by atoms with Crippen LogP contribution in [0.2, 0.25) is 0 Å². The summed E-state index contributed by atoms with van der Waals surface area (Å²) in [5.41, 5.74) is 0.842. The van der Waals surface area contributed by atoms with Gasteiger partial charge in [0.05, 0.1) is 0 Å². The molecule has 0 saturated heterocycles. The lowest BCUT2D eigenvalue weighted by Crippen LogP contribution is -2.26. The standard InChI is InChI=1S/C21H36FN/c1-3-5-7-9-13-17-23(18-14-10-8-6-4-2)19-20-15-11-12-16-21(20)22/h11-12,15-16H,3-10,13-14,17-19H2,1-2H3. The molecule has 0 aliphatic rings. The number of hydrogen-bond acceptors (Lipinski definition) is 1. The summed E-state index contributed by atoms with van der Waals surface area (Å²) in [4.78, 5) is 2.45. The molecule has 2 heteroatoms. The molecule has 1 aromatic rings. The summed E-state index contributed by atoms with van der Waals surface area (Å²) in [6, 6.07) is 7.23. The van der Waals surface area contributed by atoms with Crippen molar-refractivity contribution in [3.63, 3.8) is 0 Å². The monoisotopic (exact) mass is 321 g/mol. The molecule has 0 aliphatic carbocycles. The van der Waals surface area contributed by atoms with Gasteiger partial charge in [0.25, 0.3) is 0 Å². The molecule has 0 N–H and O–H groups in total. The number of halogens is 1. The van der Waals surface area contributed by atoms with Gasteiger partial charge in [-0.1, -0.05) is 83.4 Å². The second-order valence-electron chi connectivity index (χ2n) is 6.70. The minimum Gasteiger partial charge on any atom is -0.299 e. The van der Waals surface area contributed by atoms with E-state index in [0.717, 1.165) is 25.2 Å². The maximum Gasteiger partial charge on any atom is 0.127 e. The molecule has 0 saturated carbocycles. The fourth-order valence-corrected chi connectivity index (χ4v) is 3.02. The van der Waals surface area contributed by atoms with Crippen LogP contribution >= 0.6 is 0 Å². The number of hydrogen-bond donors (Lipinski definition) is 0. The third-order valence-corrected chi connectivity index (χ3v) is 4.51. The molecule has 0 heterocycles. The van der Waals surface area contributed by atoms with E-state index in [1.807, 2.05) is 12.1 Å². The first kappa shape index (κ1) is 20.2. The zero-order valence-electron chi connectivity index (χ0n) is 15.3. The molecule has 1 rings (SSSR count). The van der Waals surface area contributed by atoms with E-state index >= 15 is 0 Å². The molecule has 23 heavy (non-hydrogen) atoms. The van der Waals surface area contributed by atoms with Crippen LogP contribution in [-0.2, 0) is 6.54 Å². The van der Waals surface area contributed by atoms with Crippen LogP contribution in [0.5, 0.6) is 0 Å². The number of benzene rings is 1. The lowest BCUT2D eigenvalue weighted by molar-refractivity contribution is 0.249. The Balaban J connectivity index is 2.39. The van der Waals surface area contributed by atoms with Crippen LogP contribution in [0.25, 0.3) is 0 Å². The minimum atomic E-state index is -0.0607. The first-order valence-corrected chi connectivity index (χ1v) is 9.73. The predicted molar refractivity (Wildman–Crippen MR) is 99.2 cm³/mol. The van der Waals surface area contributed by atoms with Crippen molar-refractivity contribution in [2.75, 3.05) is 13.1 Å². The van der Waals surface area contributed by atoms with Gasteiger partial charge in [0.1, 0.15) is 5.82 Å². The van der Waals surface area contributed by atoms with Crippen molar-refractivity contribution < 1.29 is 4.39 Å². The van der Waals surface area contributed by atoms with E-state index in [-0.39, 0.29) is 5.82 Å². The molecule has 0 bridgehead atoms. The van der Waals surface area contributed by atoms with E-state index in [1.165, 1.54) is 64.2 Å². The molecular weight excluding hydrogens is 285 g/mol. The Morgan fingerprint density at radius 1 is 0.739 bits per heavy atom. The molecule has 0 radical (unpaired) electrons. The zero-order chi connectivity index (χ0) is 16.8. The van der Waals surface area contributed by atoms with Crippen molar-refractivity contribution in [3.8, 4) is 0 Å². The second kappa shape index (κ2) is 13.5. The molecular formula is C21H36FN. The van der Waals surface area contributed by atoms with Gasteiger partial charge < -0.3 is 0 Å². The smallest absolute Gasteiger partial charge is 0.127 e. The van der Waals surface area contributed by atoms with E-state index < -0.39 is 0 Å². The van der Waals surface area contributed by atoms with Crippen LogP contribution in [0.4, 0.5) is 4.39 Å². The van der Waals surface area contributed by atoms with E-state index in [4.69, 9.17) is 0 Å². The Bertz CT molecular complexity index is 377. The topological polar surface area (TPSA) is 3.24 Å². The van der Waals surface area contributed by atoms with Crippen LogP contribution in [0.1, 0.15) is 83.6 Å². The van der Waals surface area contributed by atoms with Crippen molar-refractivity contribution in [2.24, 2.45) is 0 Å². The second-order valence-corrected chi connectivity index (χ2v) is 6.70. The Hall–Kier alpha value is -0.890. The zero-order valence-corrected chi connectivity index (χ0v) is 15.3. The Morgan fingerprint density at radius 3 is 1.78 bits per heavy atom. The number of nitrogens with zero attached hydrogens (tertiary/aromatic N) is 1. The molecule has 0 spiro atoms. The van der Waals surface area contributed by atoms with E-state index in [9.17, 15) is 4.39 Å². The lowest BCUT2D eigenvalue weighted by atomic mass is 10.1. The summed E-state index contributed by atoms with van der Waals surface area (Å²) >= 11 is 0. The molecule has 0 atom stereocenters. The molecule has 0 aliphatic heterocycles. The third-order valence-electron chi connectivity index (χ3n) is 4.51. The largest absolute Gasteiger partial charge is 0.299 e. The highest BCUT2D eigenvalue weighted by Crippen LogP contribution is 2.13. The summed E-state index contributed by atoms with van der Waals surface area (Å²) in [7, 11) is 0. The maximum atomic E-state index is 13.9. The van der Waals surface area contributed by atoms with Gasteiger partial charge in [-0.25, -0.2) is 4.39 Å². The summed E-state index contributed by atoms with van der Waals surface area (Å²) in [6.07, 6.45) is 13.0. The molecule has 0 aromatic heterocycles. The van der Waals surface area contributed by atoms with Crippen LogP contribution in [0.3, 0.4) is 0 Å². The highest BCUT2D eigenvalue weighted by molar-refractivity contribution is 5.17. The first-order chi connectivity index (χ1) is 11.3. The maximum absolute atomic E-state index is 13.9. The lowest BCUT2D eigenvalue weighted by Gasteiger charge is -2.22. The van der Waals surface area contributed by atoms with E-state index in [1.54, 1.807) is 12.1 Å². The van der Waals surface area contributed by atoms with Crippen LogP contribution in [-0.4, -0.2) is 18.0 Å². The summed E-state index contributed by atoms with van der Waals surface area (Å²) in [5, 5.41) is 0. The normalized spacial score (nSPS) is 11.3. The van der Waals surface area contributed by atoms with Crippen LogP contribution in [0, 0.1) is 5.82 Å². The van der Waals surface area contributed by atoms with Crippen molar-refractivity contribution in [2.45, 2.75) is 84.6 Å². The van der Waals surface area contributed by atoms with E-state index in [0.29, 0.717) is 0 Å². The van der Waals surface area contributed by atoms with E-state index in [2.05, 4.69) is 18.7 Å². The van der Waals surface area contributed by atoms with Gasteiger partial charge in [-0.05, 0) is 32.0 Å². The SMILES string of the molecule is CCCCCCCN(CCCCCCC)Cc1ccccc1F. The molecule has 1 nitrogen and oxygen atoms in total. The molecule has 1 aromatic carbocycles. The first-order valence-electron chi connectivity index (χ1n) is 9.73. The Morgan fingerprint density at radius 2 is 1.26 bits per heavy atom. The van der Waals surface area contributed by atoms with Gasteiger partial charge in [-0.3, -0.25) is 4.90 Å². The molecule has 0 amide bonds. The van der Waals surface area contributed by atoms with Crippen molar-refractivity contribution >= 4 is 0 Å². The predicted octanol–water partition coefficient (Wildman–Crippen LogP) is 6.57. The summed E-state index contributed by atoms with van der Waals surface area (Å²) in [6.45, 7) is 7.47. The van der Waals surface area contributed by atoms with Crippen LogP contribution < -0.4 is 0 Å². The van der Waals surface area contributed by atoms with Crippen molar-refractivity contribution in [1.82, 2.24) is 4.90 Å².